The summed E-state index contributed by atoms with van der Waals surface area (Å²) in [5.41, 5.74) is 1.38. The van der Waals surface area contributed by atoms with E-state index in [-0.39, 0.29) is 48.5 Å². The van der Waals surface area contributed by atoms with Gasteiger partial charge in [-0.3, -0.25) is 19.3 Å². The lowest BCUT2D eigenvalue weighted by molar-refractivity contribution is -0.265. The zero-order valence-corrected chi connectivity index (χ0v) is 44.7. The number of ether oxygens (including phenoxy) is 4. The van der Waals surface area contributed by atoms with Crippen molar-refractivity contribution in [3.05, 3.63) is 47.6 Å². The molecule has 2 aliphatic carbocycles. The van der Waals surface area contributed by atoms with Crippen molar-refractivity contribution >= 4 is 27.6 Å². The quantitative estimate of drug-likeness (QED) is 0.137. The lowest BCUT2D eigenvalue weighted by atomic mass is 9.78. The molecule has 2 saturated carbocycles. The van der Waals surface area contributed by atoms with Crippen LogP contribution in [0.1, 0.15) is 158 Å². The molecular weight excluding hydrogens is 913 g/mol. The van der Waals surface area contributed by atoms with E-state index in [9.17, 15) is 38.1 Å². The van der Waals surface area contributed by atoms with Crippen molar-refractivity contribution in [3.63, 3.8) is 0 Å². The number of ketones is 2. The van der Waals surface area contributed by atoms with E-state index in [1.54, 1.807) is 14.0 Å². The third kappa shape index (κ3) is 16.0. The van der Waals surface area contributed by atoms with E-state index in [2.05, 4.69) is 11.6 Å². The smallest absolute Gasteiger partial charge is 0.323 e. The number of nitrogens with one attached hydrogen (secondary N) is 1. The average molecular weight is 1000 g/mol. The van der Waals surface area contributed by atoms with Crippen molar-refractivity contribution in [1.82, 2.24) is 9.62 Å². The predicted molar refractivity (Wildman–Crippen MR) is 272 cm³/mol. The topological polar surface area (TPSA) is 198 Å². The van der Waals surface area contributed by atoms with Gasteiger partial charge in [0.1, 0.15) is 24.4 Å². The van der Waals surface area contributed by atoms with Crippen LogP contribution < -0.4 is 4.72 Å². The van der Waals surface area contributed by atoms with Crippen LogP contribution in [0, 0.1) is 35.5 Å². The molecule has 15 heteroatoms. The van der Waals surface area contributed by atoms with E-state index in [0.717, 1.165) is 44.1 Å². The number of rotatable bonds is 8. The van der Waals surface area contributed by atoms with E-state index >= 15 is 0 Å². The normalized spacial score (nSPS) is 40.2. The Bertz CT molecular complexity index is 1950. The number of methoxy groups -OCH3 is 2. The predicted octanol–water partition coefficient (Wildman–Crippen LogP) is 7.69. The van der Waals surface area contributed by atoms with E-state index in [0.29, 0.717) is 76.3 Å². The van der Waals surface area contributed by atoms with Crippen LogP contribution in [0.4, 0.5) is 0 Å². The van der Waals surface area contributed by atoms with Crippen molar-refractivity contribution < 1.29 is 57.1 Å². The summed E-state index contributed by atoms with van der Waals surface area (Å²) in [6, 6.07) is -1.37. The SMILES string of the molecule is CO[C@@H]1C[C@H](CC(C)[C@@H]2CC[C@H](C)/C=C(\C)[C@@H](O)[C@@H](OC)C(=O)[C@H](C)C[C@H](C)/C=C/C=C/C=C(\C)[C@H](NS(=O)(=O)C3CCCC3)C[C@@H]3CC[C@@H](C)[C@@](O)(O3)C(=O)CN3CCCC[C@H]3C(=O)O2)CC[C@H]1O. The van der Waals surface area contributed by atoms with Gasteiger partial charge in [0.15, 0.2) is 5.78 Å². The summed E-state index contributed by atoms with van der Waals surface area (Å²) in [7, 11) is -0.623. The number of sulfonamides is 1. The fourth-order valence-electron chi connectivity index (χ4n) is 11.8. The second-order valence-corrected chi connectivity index (χ2v) is 24.1. The number of allylic oxidation sites excluding steroid dienone is 6. The molecule has 0 amide bonds. The Hall–Kier alpha value is -2.60. The first kappa shape index (κ1) is 58.3. The second kappa shape index (κ2) is 27.1. The highest BCUT2D eigenvalue weighted by atomic mass is 32.2. The molecule has 14 nitrogen and oxygen atoms in total. The number of Topliss-reactive ketones (excluding diaryl/α,β-unsaturated/α-hetero) is 2. The van der Waals surface area contributed by atoms with Crippen LogP contribution in [0.25, 0.3) is 0 Å². The largest absolute Gasteiger partial charge is 0.461 e. The highest BCUT2D eigenvalue weighted by Gasteiger charge is 2.49. The van der Waals surface area contributed by atoms with Crippen molar-refractivity contribution in [2.75, 3.05) is 27.3 Å². The van der Waals surface area contributed by atoms with Crippen molar-refractivity contribution in [3.8, 4) is 0 Å². The van der Waals surface area contributed by atoms with Gasteiger partial charge in [-0.25, -0.2) is 13.1 Å². The second-order valence-electron chi connectivity index (χ2n) is 22.1. The fraction of sp³-hybridized carbons (Fsp3) is 0.800. The van der Waals surface area contributed by atoms with E-state index in [1.807, 2.05) is 76.0 Å². The number of carbonyl (C=O) groups is 3. The number of fused-ring (bicyclic) bond motifs is 3. The van der Waals surface area contributed by atoms with Gasteiger partial charge in [-0.2, -0.15) is 0 Å². The third-order valence-electron chi connectivity index (χ3n) is 16.4. The number of cyclic esters (lactones) is 1. The van der Waals surface area contributed by atoms with Crippen LogP contribution in [0.5, 0.6) is 0 Å². The zero-order valence-electron chi connectivity index (χ0n) is 43.9. The molecule has 2 bridgehead atoms. The molecule has 1 unspecified atom stereocenters. The summed E-state index contributed by atoms with van der Waals surface area (Å²) < 4.78 is 54.8. The first-order valence-electron chi connectivity index (χ1n) is 26.7. The van der Waals surface area contributed by atoms with E-state index < -0.39 is 87.3 Å². The maximum absolute atomic E-state index is 14.5. The van der Waals surface area contributed by atoms with Gasteiger partial charge in [-0.15, -0.1) is 0 Å². The van der Waals surface area contributed by atoms with Gasteiger partial charge in [-0.05, 0) is 140 Å². The Morgan fingerprint density at radius 2 is 1.54 bits per heavy atom. The molecule has 0 aromatic carbocycles. The zero-order chi connectivity index (χ0) is 51.3. The van der Waals surface area contributed by atoms with Crippen molar-refractivity contribution in [2.24, 2.45) is 35.5 Å². The summed E-state index contributed by atoms with van der Waals surface area (Å²) in [5.74, 6) is -4.01. The van der Waals surface area contributed by atoms with Gasteiger partial charge >= 0.3 is 5.97 Å². The summed E-state index contributed by atoms with van der Waals surface area (Å²) >= 11 is 0. The molecular formula is C55H90N2O12S. The van der Waals surface area contributed by atoms with Gasteiger partial charge in [0.25, 0.3) is 0 Å². The summed E-state index contributed by atoms with van der Waals surface area (Å²) in [6.45, 7) is 13.8. The third-order valence-corrected chi connectivity index (χ3v) is 18.4. The molecule has 0 aromatic rings. The van der Waals surface area contributed by atoms with E-state index in [1.165, 1.54) is 7.11 Å². The van der Waals surface area contributed by atoms with Gasteiger partial charge in [0, 0.05) is 32.1 Å². The highest BCUT2D eigenvalue weighted by Crippen LogP contribution is 2.38. The number of aliphatic hydroxyl groups excluding tert-OH is 2. The molecule has 0 aromatic heterocycles. The lowest BCUT2D eigenvalue weighted by Gasteiger charge is -2.43. The highest BCUT2D eigenvalue weighted by molar-refractivity contribution is 7.90. The number of aliphatic hydroxyl groups is 3. The monoisotopic (exact) mass is 1000 g/mol. The van der Waals surface area contributed by atoms with Crippen molar-refractivity contribution in [2.45, 2.75) is 217 Å². The Morgan fingerprint density at radius 3 is 2.24 bits per heavy atom. The molecule has 5 rings (SSSR count). The Kier molecular flexibility index (Phi) is 22.6. The maximum atomic E-state index is 14.5. The Morgan fingerprint density at radius 1 is 0.829 bits per heavy atom. The van der Waals surface area contributed by atoms with E-state index in [4.69, 9.17) is 18.9 Å². The number of nitrogens with zero attached hydrogens (tertiary/aromatic N) is 1. The summed E-state index contributed by atoms with van der Waals surface area (Å²) in [4.78, 5) is 44.6. The summed E-state index contributed by atoms with van der Waals surface area (Å²) in [6.07, 6.45) is 18.2. The molecule has 3 heterocycles. The molecule has 2 saturated heterocycles. The number of hydrogen-bond donors (Lipinski definition) is 4. The Balaban J connectivity index is 1.46. The number of hydrogen-bond acceptors (Lipinski definition) is 13. The molecule has 5 aliphatic rings. The number of carbonyl (C=O) groups excluding carboxylic acids is 3. The molecule has 3 aliphatic heterocycles. The Labute approximate surface area is 420 Å². The van der Waals surface area contributed by atoms with Crippen LogP contribution in [-0.4, -0.2) is 133 Å². The van der Waals surface area contributed by atoms with Crippen LogP contribution in [-0.2, 0) is 43.4 Å². The van der Waals surface area contributed by atoms with Crippen LogP contribution in [0.15, 0.2) is 47.6 Å². The minimum atomic E-state index is -3.69. The minimum Gasteiger partial charge on any atom is -0.461 e. The maximum Gasteiger partial charge on any atom is 0.323 e. The summed E-state index contributed by atoms with van der Waals surface area (Å²) in [5, 5.41) is 33.8. The van der Waals surface area contributed by atoms with Crippen LogP contribution >= 0.6 is 0 Å². The number of piperidine rings is 1. The minimum absolute atomic E-state index is 0.0191. The average Bonchev–Trinajstić information content (AvgIpc) is 3.88. The fourth-order valence-corrected chi connectivity index (χ4v) is 13.6. The molecule has 0 radical (unpaired) electrons. The molecule has 4 N–H and O–H groups in total. The first-order valence-corrected chi connectivity index (χ1v) is 28.3. The van der Waals surface area contributed by atoms with Crippen molar-refractivity contribution in [1.29, 1.82) is 0 Å². The molecule has 4 fully saturated rings. The van der Waals surface area contributed by atoms with Gasteiger partial charge in [0.05, 0.1) is 30.1 Å². The first-order chi connectivity index (χ1) is 33.2. The standard InChI is InChI=1S/C55H90N2O12S/c1-35-17-11-10-12-18-37(3)45(56-70(64,65)44-19-13-14-20-44)33-43-25-23-41(7)55(63,69-43)50(59)34-57-28-16-15-21-46(57)54(62)68-48(38(4)31-42-24-26-47(58)49(32-42)66-8)27-22-36(2)30-40(6)52(61)53(67-9)51(60)39(5)29-35/h10-12,17-18,30,35-36,38-39,41-49,52-53,56,58,61,63H,13-16,19-29,31-34H2,1-9H3/b12-10+,17-11+,37-18+,40-30+/t35-,36+,38?,39-,41-,42+,43+,45-,46+,47-,48+,49-,52-,53+,55-/m1/s1. The van der Waals surface area contributed by atoms with Gasteiger partial charge in [0.2, 0.25) is 21.6 Å². The van der Waals surface area contributed by atoms with Gasteiger partial charge < -0.3 is 34.3 Å². The molecule has 15 atom stereocenters. The van der Waals surface area contributed by atoms with Crippen LogP contribution in [0.2, 0.25) is 0 Å². The van der Waals surface area contributed by atoms with Gasteiger partial charge in [-0.1, -0.05) is 95.9 Å². The molecule has 70 heavy (non-hydrogen) atoms. The molecule has 398 valence electrons. The molecule has 0 spiro atoms. The number of esters is 1. The lowest BCUT2D eigenvalue weighted by Crippen LogP contribution is -2.58. The van der Waals surface area contributed by atoms with Crippen LogP contribution in [0.3, 0.4) is 0 Å².